The molecule has 37 heavy (non-hydrogen) atoms. The number of aliphatic hydroxyl groups excluding tert-OH is 1. The van der Waals surface area contributed by atoms with Crippen LogP contribution in [0.1, 0.15) is 36.6 Å². The number of likely N-dealkylation sites (tertiary alicyclic amines) is 1. The monoisotopic (exact) mass is 496 g/mol. The van der Waals surface area contributed by atoms with Crippen LogP contribution in [0, 0.1) is 11.3 Å². The number of aromatic nitrogens is 4. The number of fused-ring (bicyclic) bond motifs is 3. The molecule has 1 N–H and O–H groups in total. The van der Waals surface area contributed by atoms with E-state index < -0.39 is 11.5 Å². The van der Waals surface area contributed by atoms with Crippen LogP contribution in [0.3, 0.4) is 0 Å². The summed E-state index contributed by atoms with van der Waals surface area (Å²) < 4.78 is 6.92. The maximum absolute atomic E-state index is 13.7. The van der Waals surface area contributed by atoms with Crippen LogP contribution in [-0.2, 0) is 16.7 Å². The summed E-state index contributed by atoms with van der Waals surface area (Å²) >= 11 is 0. The van der Waals surface area contributed by atoms with Gasteiger partial charge in [0.2, 0.25) is 0 Å². The van der Waals surface area contributed by atoms with Gasteiger partial charge in [0.1, 0.15) is 11.7 Å². The maximum Gasteiger partial charge on any atom is 0.261 e. The molecule has 0 spiro atoms. The van der Waals surface area contributed by atoms with Crippen molar-refractivity contribution in [1.82, 2.24) is 24.4 Å². The second kappa shape index (κ2) is 9.63. The molecule has 9 heteroatoms. The highest BCUT2D eigenvalue weighted by atomic mass is 16.5. The van der Waals surface area contributed by atoms with Gasteiger partial charge in [-0.3, -0.25) is 14.3 Å². The van der Waals surface area contributed by atoms with E-state index in [4.69, 9.17) is 4.74 Å². The smallest absolute Gasteiger partial charge is 0.261 e. The van der Waals surface area contributed by atoms with Crippen LogP contribution < -0.4 is 5.56 Å². The third kappa shape index (κ3) is 4.17. The SMILES string of the molecule is N#CC1(c2ccncn2)CCN(Cc2cc3c(=O)n([C@H]4CCOC[C@@H]4O)cnc3c3ccccc23)CC1. The number of hydrogen-bond donors (Lipinski definition) is 1. The molecule has 2 saturated heterocycles. The van der Waals surface area contributed by atoms with Crippen molar-refractivity contribution in [2.24, 2.45) is 0 Å². The van der Waals surface area contributed by atoms with Crippen molar-refractivity contribution in [2.75, 3.05) is 26.3 Å². The zero-order valence-corrected chi connectivity index (χ0v) is 20.5. The van der Waals surface area contributed by atoms with E-state index in [-0.39, 0.29) is 18.2 Å². The molecular formula is C28H28N6O3. The van der Waals surface area contributed by atoms with Gasteiger partial charge in [-0.25, -0.2) is 15.0 Å². The quantitative estimate of drug-likeness (QED) is 0.429. The van der Waals surface area contributed by atoms with Crippen LogP contribution >= 0.6 is 0 Å². The Labute approximate surface area is 214 Å². The molecule has 188 valence electrons. The molecule has 4 aromatic rings. The molecule has 6 rings (SSSR count). The van der Waals surface area contributed by atoms with Crippen LogP contribution in [0.15, 0.2) is 60.0 Å². The standard InChI is InChI=1S/C28H28N6O3/c29-16-28(25-5-9-30-17-31-25)7-10-33(11-8-28)14-19-13-22-26(21-4-2-1-3-20(19)21)32-18-34(27(22)36)23-6-12-37-15-24(23)35/h1-5,9,13,17-18,23-24,35H,6-8,10-12,14-15H2/t23-,24-/m0/s1. The molecule has 2 fully saturated rings. The molecule has 2 aliphatic heterocycles. The molecule has 0 unspecified atom stereocenters. The number of ether oxygens (including phenoxy) is 1. The minimum absolute atomic E-state index is 0.145. The van der Waals surface area contributed by atoms with E-state index in [0.717, 1.165) is 35.1 Å². The van der Waals surface area contributed by atoms with E-state index in [1.54, 1.807) is 17.1 Å². The van der Waals surface area contributed by atoms with Gasteiger partial charge >= 0.3 is 0 Å². The lowest BCUT2D eigenvalue weighted by molar-refractivity contribution is -0.0395. The lowest BCUT2D eigenvalue weighted by Gasteiger charge is -2.37. The highest BCUT2D eigenvalue weighted by Crippen LogP contribution is 2.35. The topological polar surface area (TPSA) is 117 Å². The Hall–Kier alpha value is -3.71. The molecule has 0 amide bonds. The van der Waals surface area contributed by atoms with E-state index in [0.29, 0.717) is 43.3 Å². The highest BCUT2D eigenvalue weighted by molar-refractivity contribution is 6.06. The molecule has 2 aromatic heterocycles. The Morgan fingerprint density at radius 2 is 1.95 bits per heavy atom. The molecule has 2 aromatic carbocycles. The summed E-state index contributed by atoms with van der Waals surface area (Å²) in [7, 11) is 0. The van der Waals surface area contributed by atoms with E-state index in [9.17, 15) is 15.2 Å². The summed E-state index contributed by atoms with van der Waals surface area (Å²) in [5.74, 6) is 0. The number of hydrogen-bond acceptors (Lipinski definition) is 8. The van der Waals surface area contributed by atoms with E-state index in [1.807, 2.05) is 30.3 Å². The average Bonchev–Trinajstić information content (AvgIpc) is 2.95. The second-order valence-electron chi connectivity index (χ2n) is 10.00. The Kier molecular flexibility index (Phi) is 6.16. The fourth-order valence-corrected chi connectivity index (χ4v) is 5.78. The Morgan fingerprint density at radius 3 is 2.68 bits per heavy atom. The summed E-state index contributed by atoms with van der Waals surface area (Å²) in [6, 6.07) is 14.0. The number of rotatable bonds is 4. The zero-order chi connectivity index (χ0) is 25.4. The van der Waals surface area contributed by atoms with Crippen molar-refractivity contribution in [3.63, 3.8) is 0 Å². The second-order valence-corrected chi connectivity index (χ2v) is 10.00. The Balaban J connectivity index is 1.35. The van der Waals surface area contributed by atoms with E-state index >= 15 is 0 Å². The van der Waals surface area contributed by atoms with Crippen molar-refractivity contribution >= 4 is 21.7 Å². The van der Waals surface area contributed by atoms with Crippen molar-refractivity contribution in [3.05, 3.63) is 76.9 Å². The molecule has 0 saturated carbocycles. The number of nitriles is 1. The van der Waals surface area contributed by atoms with Gasteiger partial charge in [-0.05, 0) is 42.3 Å². The normalized spacial score (nSPS) is 22.2. The average molecular weight is 497 g/mol. The summed E-state index contributed by atoms with van der Waals surface area (Å²) in [5.41, 5.74) is 1.76. The number of aliphatic hydroxyl groups is 1. The summed E-state index contributed by atoms with van der Waals surface area (Å²) in [5, 5.41) is 23.0. The Bertz CT molecular complexity index is 1540. The van der Waals surface area contributed by atoms with Crippen LogP contribution in [0.4, 0.5) is 0 Å². The molecular weight excluding hydrogens is 468 g/mol. The molecule has 9 nitrogen and oxygen atoms in total. The van der Waals surface area contributed by atoms with Gasteiger partial charge in [-0.2, -0.15) is 5.26 Å². The van der Waals surface area contributed by atoms with Crippen LogP contribution in [0.2, 0.25) is 0 Å². The Morgan fingerprint density at radius 1 is 1.14 bits per heavy atom. The van der Waals surface area contributed by atoms with Gasteiger partial charge in [-0.15, -0.1) is 0 Å². The predicted molar refractivity (Wildman–Crippen MR) is 138 cm³/mol. The molecule has 0 radical (unpaired) electrons. The highest BCUT2D eigenvalue weighted by Gasteiger charge is 2.38. The predicted octanol–water partition coefficient (Wildman–Crippen LogP) is 2.72. The van der Waals surface area contributed by atoms with E-state index in [2.05, 4.69) is 32.0 Å². The minimum Gasteiger partial charge on any atom is -0.389 e. The number of benzene rings is 2. The first-order chi connectivity index (χ1) is 18.1. The molecule has 0 aliphatic carbocycles. The maximum atomic E-state index is 13.7. The van der Waals surface area contributed by atoms with Crippen LogP contribution in [-0.4, -0.2) is 61.9 Å². The fraction of sp³-hybridized carbons (Fsp3) is 0.393. The van der Waals surface area contributed by atoms with Crippen molar-refractivity contribution in [3.8, 4) is 6.07 Å². The minimum atomic E-state index is -0.741. The first-order valence-electron chi connectivity index (χ1n) is 12.7. The first kappa shape index (κ1) is 23.7. The number of nitrogens with zero attached hydrogens (tertiary/aromatic N) is 6. The van der Waals surface area contributed by atoms with Crippen LogP contribution in [0.25, 0.3) is 21.7 Å². The third-order valence-corrected chi connectivity index (χ3v) is 7.92. The van der Waals surface area contributed by atoms with Gasteiger partial charge in [0.25, 0.3) is 5.56 Å². The van der Waals surface area contributed by atoms with Gasteiger partial charge in [-0.1, -0.05) is 24.3 Å². The van der Waals surface area contributed by atoms with Crippen molar-refractivity contribution in [2.45, 2.75) is 43.4 Å². The molecule has 2 atom stereocenters. The fourth-order valence-electron chi connectivity index (χ4n) is 5.78. The lowest BCUT2D eigenvalue weighted by Crippen LogP contribution is -2.42. The molecule has 4 heterocycles. The third-order valence-electron chi connectivity index (χ3n) is 7.92. The van der Waals surface area contributed by atoms with Gasteiger partial charge in [0.05, 0.1) is 47.7 Å². The summed E-state index contributed by atoms with van der Waals surface area (Å²) in [4.78, 5) is 29.0. The summed E-state index contributed by atoms with van der Waals surface area (Å²) in [6.45, 7) is 2.87. The largest absolute Gasteiger partial charge is 0.389 e. The van der Waals surface area contributed by atoms with E-state index in [1.165, 1.54) is 6.33 Å². The molecule has 0 bridgehead atoms. The van der Waals surface area contributed by atoms with Gasteiger partial charge < -0.3 is 9.84 Å². The van der Waals surface area contributed by atoms with Crippen LogP contribution in [0.5, 0.6) is 0 Å². The zero-order valence-electron chi connectivity index (χ0n) is 20.5. The van der Waals surface area contributed by atoms with Gasteiger partial charge in [0, 0.05) is 37.8 Å². The first-order valence-corrected chi connectivity index (χ1v) is 12.7. The van der Waals surface area contributed by atoms with Crippen molar-refractivity contribution in [1.29, 1.82) is 5.26 Å². The molecule has 2 aliphatic rings. The lowest BCUT2D eigenvalue weighted by atomic mass is 9.76. The summed E-state index contributed by atoms with van der Waals surface area (Å²) in [6.07, 6.45) is 5.95. The number of piperidine rings is 1. The van der Waals surface area contributed by atoms with Gasteiger partial charge in [0.15, 0.2) is 0 Å². The van der Waals surface area contributed by atoms with Crippen molar-refractivity contribution < 1.29 is 9.84 Å².